The molecule has 1 amide bonds. The lowest BCUT2D eigenvalue weighted by Gasteiger charge is -2.33. The van der Waals surface area contributed by atoms with Gasteiger partial charge < -0.3 is 10.4 Å². The Labute approximate surface area is 133 Å². The van der Waals surface area contributed by atoms with Crippen molar-refractivity contribution in [1.82, 2.24) is 5.32 Å². The van der Waals surface area contributed by atoms with Crippen molar-refractivity contribution in [1.29, 1.82) is 0 Å². The molecule has 2 rings (SSSR count). The van der Waals surface area contributed by atoms with Crippen LogP contribution < -0.4 is 5.32 Å². The monoisotopic (exact) mass is 325 g/mol. The maximum Gasteiger partial charge on any atom is 0.329 e. The molecule has 0 atom stereocenters. The fraction of sp³-hybridized carbons (Fsp3) is 0.467. The van der Waals surface area contributed by atoms with Gasteiger partial charge in [-0.3, -0.25) is 4.79 Å². The third-order valence-corrected chi connectivity index (χ3v) is 5.52. The Morgan fingerprint density at radius 3 is 2.48 bits per heavy atom. The van der Waals surface area contributed by atoms with Crippen LogP contribution in [0.2, 0.25) is 0 Å². The van der Waals surface area contributed by atoms with Crippen molar-refractivity contribution in [3.8, 4) is 0 Å². The van der Waals surface area contributed by atoms with Crippen LogP contribution in [-0.2, 0) is 9.59 Å². The molecule has 2 N–H and O–H groups in total. The maximum atomic E-state index is 12.1. The molecule has 1 saturated heterocycles. The molecule has 6 heteroatoms. The molecule has 1 fully saturated rings. The largest absolute Gasteiger partial charge is 0.480 e. The highest BCUT2D eigenvalue weighted by atomic mass is 32.2. The van der Waals surface area contributed by atoms with E-state index in [2.05, 4.69) is 5.32 Å². The standard InChI is InChI=1S/C15H19NO3S2/c1-11-2-4-12(5-3-11)21-10-13(17)16-15(14(18)19)6-8-20-9-7-15/h2-5H,6-10H2,1H3,(H,16,17)(H,18,19). The van der Waals surface area contributed by atoms with Crippen molar-refractivity contribution in [2.24, 2.45) is 0 Å². The first-order valence-electron chi connectivity index (χ1n) is 6.83. The van der Waals surface area contributed by atoms with Gasteiger partial charge in [0.1, 0.15) is 5.54 Å². The Bertz CT molecular complexity index is 510. The van der Waals surface area contributed by atoms with Gasteiger partial charge in [-0.25, -0.2) is 4.79 Å². The lowest BCUT2D eigenvalue weighted by molar-refractivity contribution is -0.147. The lowest BCUT2D eigenvalue weighted by Crippen LogP contribution is -2.57. The van der Waals surface area contributed by atoms with Crippen LogP contribution in [0.1, 0.15) is 18.4 Å². The number of rotatable bonds is 5. The molecule has 1 heterocycles. The Balaban J connectivity index is 1.90. The van der Waals surface area contributed by atoms with Crippen molar-refractivity contribution < 1.29 is 14.7 Å². The zero-order chi connectivity index (χ0) is 15.3. The summed E-state index contributed by atoms with van der Waals surface area (Å²) in [5.74, 6) is 0.659. The second kappa shape index (κ2) is 7.22. The van der Waals surface area contributed by atoms with Crippen LogP contribution in [0, 0.1) is 6.92 Å². The number of hydrogen-bond donors (Lipinski definition) is 2. The minimum absolute atomic E-state index is 0.213. The van der Waals surface area contributed by atoms with E-state index >= 15 is 0 Å². The molecule has 0 bridgehead atoms. The van der Waals surface area contributed by atoms with Crippen LogP contribution in [0.25, 0.3) is 0 Å². The van der Waals surface area contributed by atoms with Gasteiger partial charge in [0.15, 0.2) is 0 Å². The van der Waals surface area contributed by atoms with Crippen molar-refractivity contribution in [3.05, 3.63) is 29.8 Å². The molecular weight excluding hydrogens is 306 g/mol. The molecule has 4 nitrogen and oxygen atoms in total. The fourth-order valence-electron chi connectivity index (χ4n) is 2.20. The highest BCUT2D eigenvalue weighted by molar-refractivity contribution is 8.00. The predicted molar refractivity (Wildman–Crippen MR) is 87.0 cm³/mol. The Morgan fingerprint density at radius 2 is 1.90 bits per heavy atom. The van der Waals surface area contributed by atoms with E-state index in [4.69, 9.17) is 0 Å². The van der Waals surface area contributed by atoms with Crippen LogP contribution in [-0.4, -0.2) is 39.8 Å². The highest BCUT2D eigenvalue weighted by Gasteiger charge is 2.41. The van der Waals surface area contributed by atoms with Crippen LogP contribution in [0.3, 0.4) is 0 Å². The first-order valence-corrected chi connectivity index (χ1v) is 8.97. The van der Waals surface area contributed by atoms with Gasteiger partial charge in [0.25, 0.3) is 0 Å². The molecule has 1 aromatic rings. The Hall–Kier alpha value is -1.14. The number of aliphatic carboxylic acids is 1. The quantitative estimate of drug-likeness (QED) is 0.815. The minimum Gasteiger partial charge on any atom is -0.480 e. The summed E-state index contributed by atoms with van der Waals surface area (Å²) in [6, 6.07) is 7.93. The van der Waals surface area contributed by atoms with Crippen LogP contribution in [0.4, 0.5) is 0 Å². The van der Waals surface area contributed by atoms with E-state index in [1.165, 1.54) is 17.3 Å². The molecule has 0 radical (unpaired) electrons. The summed E-state index contributed by atoms with van der Waals surface area (Å²) in [6.45, 7) is 2.01. The van der Waals surface area contributed by atoms with Gasteiger partial charge >= 0.3 is 5.97 Å². The Morgan fingerprint density at radius 1 is 1.29 bits per heavy atom. The van der Waals surface area contributed by atoms with Crippen molar-refractivity contribution in [2.45, 2.75) is 30.2 Å². The molecule has 1 aromatic carbocycles. The average Bonchev–Trinajstić information content (AvgIpc) is 2.47. The van der Waals surface area contributed by atoms with Crippen molar-refractivity contribution in [3.63, 3.8) is 0 Å². The SMILES string of the molecule is Cc1ccc(SCC(=O)NC2(C(=O)O)CCSCC2)cc1. The molecule has 0 saturated carbocycles. The summed E-state index contributed by atoms with van der Waals surface area (Å²) in [7, 11) is 0. The summed E-state index contributed by atoms with van der Waals surface area (Å²) >= 11 is 3.16. The van der Waals surface area contributed by atoms with E-state index in [0.29, 0.717) is 12.8 Å². The molecule has 114 valence electrons. The third kappa shape index (κ3) is 4.41. The topological polar surface area (TPSA) is 66.4 Å². The summed E-state index contributed by atoms with van der Waals surface area (Å²) in [5, 5.41) is 12.2. The van der Waals surface area contributed by atoms with Crippen LogP contribution >= 0.6 is 23.5 Å². The van der Waals surface area contributed by atoms with Gasteiger partial charge in [0, 0.05) is 4.90 Å². The number of amides is 1. The number of thioether (sulfide) groups is 2. The Kier molecular flexibility index (Phi) is 5.58. The second-order valence-corrected chi connectivity index (χ2v) is 7.42. The molecule has 0 unspecified atom stereocenters. The zero-order valence-corrected chi connectivity index (χ0v) is 13.6. The summed E-state index contributed by atoms with van der Waals surface area (Å²) in [6.07, 6.45) is 0.988. The highest BCUT2D eigenvalue weighted by Crippen LogP contribution is 2.28. The summed E-state index contributed by atoms with van der Waals surface area (Å²) in [5.41, 5.74) is 0.101. The first kappa shape index (κ1) is 16.2. The van der Waals surface area contributed by atoms with Crippen LogP contribution in [0.15, 0.2) is 29.2 Å². The second-order valence-electron chi connectivity index (χ2n) is 5.15. The number of carboxylic acid groups (broad SMARTS) is 1. The molecule has 0 aliphatic carbocycles. The number of carbonyl (C=O) groups is 2. The van der Waals surface area contributed by atoms with E-state index < -0.39 is 11.5 Å². The molecular formula is C15H19NO3S2. The van der Waals surface area contributed by atoms with Gasteiger partial charge in [-0.1, -0.05) is 17.7 Å². The van der Waals surface area contributed by atoms with E-state index in [0.717, 1.165) is 16.4 Å². The lowest BCUT2D eigenvalue weighted by atomic mass is 9.92. The summed E-state index contributed by atoms with van der Waals surface area (Å²) in [4.78, 5) is 24.6. The minimum atomic E-state index is -1.07. The molecule has 0 aromatic heterocycles. The summed E-state index contributed by atoms with van der Waals surface area (Å²) < 4.78 is 0. The first-order chi connectivity index (χ1) is 10.0. The normalized spacial score (nSPS) is 17.2. The molecule has 1 aliphatic rings. The average molecular weight is 325 g/mol. The van der Waals surface area contributed by atoms with Gasteiger partial charge in [0.05, 0.1) is 5.75 Å². The number of hydrogen-bond acceptors (Lipinski definition) is 4. The van der Waals surface area contributed by atoms with Crippen molar-refractivity contribution in [2.75, 3.05) is 17.3 Å². The number of aryl methyl sites for hydroxylation is 1. The van der Waals surface area contributed by atoms with Gasteiger partial charge in [-0.2, -0.15) is 11.8 Å². The van der Waals surface area contributed by atoms with Gasteiger partial charge in [-0.15, -0.1) is 11.8 Å². The fourth-order valence-corrected chi connectivity index (χ4v) is 4.09. The maximum absolute atomic E-state index is 12.1. The molecule has 0 spiro atoms. The zero-order valence-electron chi connectivity index (χ0n) is 11.9. The van der Waals surface area contributed by atoms with E-state index in [1.54, 1.807) is 11.8 Å². The number of benzene rings is 1. The van der Waals surface area contributed by atoms with Gasteiger partial charge in [0.2, 0.25) is 5.91 Å². The smallest absolute Gasteiger partial charge is 0.329 e. The molecule has 1 aliphatic heterocycles. The van der Waals surface area contributed by atoms with Gasteiger partial charge in [-0.05, 0) is 43.4 Å². The number of carboxylic acids is 1. The predicted octanol–water partition coefficient (Wildman–Crippen LogP) is 2.55. The van der Waals surface area contributed by atoms with E-state index in [1.807, 2.05) is 31.2 Å². The van der Waals surface area contributed by atoms with E-state index in [9.17, 15) is 14.7 Å². The van der Waals surface area contributed by atoms with Crippen LogP contribution in [0.5, 0.6) is 0 Å². The van der Waals surface area contributed by atoms with Crippen molar-refractivity contribution >= 4 is 35.4 Å². The number of carbonyl (C=O) groups excluding carboxylic acids is 1. The van der Waals surface area contributed by atoms with E-state index in [-0.39, 0.29) is 11.7 Å². The third-order valence-electron chi connectivity index (χ3n) is 3.53. The molecule has 21 heavy (non-hydrogen) atoms. The number of nitrogens with one attached hydrogen (secondary N) is 1.